The minimum absolute atomic E-state index is 0.123. The Morgan fingerprint density at radius 2 is 1.70 bits per heavy atom. The lowest BCUT2D eigenvalue weighted by Gasteiger charge is -2.27. The fraction of sp³-hybridized carbons (Fsp3) is 0.407. The fourth-order valence-electron chi connectivity index (χ4n) is 3.91. The van der Waals surface area contributed by atoms with E-state index in [0.717, 1.165) is 12.0 Å². The van der Waals surface area contributed by atoms with Gasteiger partial charge in [-0.25, -0.2) is 0 Å². The topological polar surface area (TPSA) is 70.1 Å². The molecule has 3 rings (SSSR count). The number of Topliss-reactive ketones (excluding diaryl/α,β-unsaturated/α-hetero) is 1. The minimum Gasteiger partial charge on any atom is -0.507 e. The molecule has 2 aromatic carbocycles. The minimum atomic E-state index is -0.657. The number of carbonyl (C=O) groups excluding carboxylic acids is 2. The summed E-state index contributed by atoms with van der Waals surface area (Å²) in [6, 6.07) is 14.3. The zero-order valence-electron chi connectivity index (χ0n) is 20.2. The first kappa shape index (κ1) is 24.5. The number of likely N-dealkylation sites (tertiary alicyclic amines) is 1. The summed E-state index contributed by atoms with van der Waals surface area (Å²) in [7, 11) is 3.84. The summed E-state index contributed by atoms with van der Waals surface area (Å²) in [5.41, 5.74) is 2.58. The van der Waals surface area contributed by atoms with Crippen LogP contribution in [0.25, 0.3) is 5.76 Å². The van der Waals surface area contributed by atoms with Gasteiger partial charge >= 0.3 is 0 Å². The molecule has 1 N–H and O–H groups in total. The monoisotopic (exact) mass is 450 g/mol. The summed E-state index contributed by atoms with van der Waals surface area (Å²) < 4.78 is 5.61. The lowest BCUT2D eigenvalue weighted by Crippen LogP contribution is -2.35. The van der Waals surface area contributed by atoms with Gasteiger partial charge in [0.1, 0.15) is 11.5 Å². The van der Waals surface area contributed by atoms with Crippen LogP contribution in [0.2, 0.25) is 0 Å². The maximum absolute atomic E-state index is 13.1. The zero-order valence-corrected chi connectivity index (χ0v) is 20.2. The molecule has 1 unspecified atom stereocenters. The second-order valence-electron chi connectivity index (χ2n) is 8.99. The number of ketones is 1. The van der Waals surface area contributed by atoms with E-state index in [0.29, 0.717) is 36.9 Å². The number of nitrogens with zero attached hydrogens (tertiary/aromatic N) is 2. The number of carbonyl (C=O) groups is 2. The van der Waals surface area contributed by atoms with E-state index < -0.39 is 17.7 Å². The van der Waals surface area contributed by atoms with E-state index in [1.165, 1.54) is 5.56 Å². The number of likely N-dealkylation sites (N-methyl/N-ethyl adjacent to an activating group) is 1. The average Bonchev–Trinajstić information content (AvgIpc) is 3.06. The molecule has 0 radical (unpaired) electrons. The lowest BCUT2D eigenvalue weighted by atomic mass is 9.93. The Labute approximate surface area is 196 Å². The van der Waals surface area contributed by atoms with Crippen LogP contribution >= 0.6 is 0 Å². The van der Waals surface area contributed by atoms with Gasteiger partial charge in [-0.2, -0.15) is 0 Å². The second-order valence-corrected chi connectivity index (χ2v) is 8.99. The predicted octanol–water partition coefficient (Wildman–Crippen LogP) is 4.58. The molecule has 0 spiro atoms. The molecule has 6 heteroatoms. The Morgan fingerprint density at radius 3 is 2.24 bits per heavy atom. The Bertz CT molecular complexity index is 1010. The van der Waals surface area contributed by atoms with Crippen molar-refractivity contribution in [2.24, 2.45) is 0 Å². The molecule has 1 aliphatic rings. The summed E-state index contributed by atoms with van der Waals surface area (Å²) in [6.07, 6.45) is 0.897. The molecule has 1 fully saturated rings. The lowest BCUT2D eigenvalue weighted by molar-refractivity contribution is -0.140. The van der Waals surface area contributed by atoms with E-state index in [2.05, 4.69) is 13.8 Å². The smallest absolute Gasteiger partial charge is 0.295 e. The van der Waals surface area contributed by atoms with Crippen LogP contribution in [0.1, 0.15) is 55.8 Å². The average molecular weight is 451 g/mol. The van der Waals surface area contributed by atoms with Crippen LogP contribution in [0, 0.1) is 0 Å². The molecule has 6 nitrogen and oxygen atoms in total. The normalized spacial score (nSPS) is 17.9. The van der Waals surface area contributed by atoms with Crippen molar-refractivity contribution >= 4 is 17.4 Å². The number of benzene rings is 2. The van der Waals surface area contributed by atoms with Gasteiger partial charge in [-0.05, 0) is 61.8 Å². The molecule has 0 saturated carbocycles. The van der Waals surface area contributed by atoms with Gasteiger partial charge < -0.3 is 19.6 Å². The molecule has 2 aromatic rings. The standard InChI is InChI=1S/C27H34N2O4/c1-6-17-33-22-13-11-21(12-14-22)25(30)23-24(20-9-7-19(8-10-20)18(2)3)29(16-15-28(4)5)27(32)26(23)31/h7-14,18,24,30H,6,15-17H2,1-5H3/b25-23+. The summed E-state index contributed by atoms with van der Waals surface area (Å²) in [5.74, 6) is -0.344. The second kappa shape index (κ2) is 10.7. The number of ether oxygens (including phenoxy) is 1. The van der Waals surface area contributed by atoms with E-state index >= 15 is 0 Å². The van der Waals surface area contributed by atoms with Crippen LogP contribution in [-0.4, -0.2) is 60.4 Å². The van der Waals surface area contributed by atoms with E-state index in [-0.39, 0.29) is 11.3 Å². The maximum Gasteiger partial charge on any atom is 0.295 e. The summed E-state index contributed by atoms with van der Waals surface area (Å²) in [4.78, 5) is 29.6. The molecule has 0 aromatic heterocycles. The molecular formula is C27H34N2O4. The van der Waals surface area contributed by atoms with Gasteiger partial charge in [0.2, 0.25) is 0 Å². The van der Waals surface area contributed by atoms with Crippen LogP contribution in [-0.2, 0) is 9.59 Å². The van der Waals surface area contributed by atoms with Gasteiger partial charge in [-0.1, -0.05) is 45.0 Å². The summed E-state index contributed by atoms with van der Waals surface area (Å²) in [6.45, 7) is 7.86. The largest absolute Gasteiger partial charge is 0.507 e. The SMILES string of the molecule is CCCOc1ccc(/C(O)=C2\C(=O)C(=O)N(CCN(C)C)C2c2ccc(C(C)C)cc2)cc1. The van der Waals surface area contributed by atoms with Gasteiger partial charge in [-0.15, -0.1) is 0 Å². The molecule has 176 valence electrons. The molecule has 1 saturated heterocycles. The quantitative estimate of drug-likeness (QED) is 0.344. The van der Waals surface area contributed by atoms with Crippen molar-refractivity contribution in [3.63, 3.8) is 0 Å². The molecule has 1 aliphatic heterocycles. The number of amides is 1. The van der Waals surface area contributed by atoms with Crippen LogP contribution in [0.15, 0.2) is 54.1 Å². The number of hydrogen-bond acceptors (Lipinski definition) is 5. The van der Waals surface area contributed by atoms with E-state index in [9.17, 15) is 14.7 Å². The van der Waals surface area contributed by atoms with Crippen molar-refractivity contribution in [2.45, 2.75) is 39.2 Å². The van der Waals surface area contributed by atoms with Crippen LogP contribution in [0.3, 0.4) is 0 Å². The summed E-state index contributed by atoms with van der Waals surface area (Å²) in [5, 5.41) is 11.2. The first-order chi connectivity index (χ1) is 15.7. The Balaban J connectivity index is 2.05. The Hall–Kier alpha value is -3.12. The van der Waals surface area contributed by atoms with Crippen LogP contribution < -0.4 is 4.74 Å². The van der Waals surface area contributed by atoms with E-state index in [1.807, 2.05) is 50.2 Å². The van der Waals surface area contributed by atoms with Gasteiger partial charge in [0.15, 0.2) is 0 Å². The van der Waals surface area contributed by atoms with Crippen molar-refractivity contribution in [3.05, 3.63) is 70.8 Å². The molecule has 1 heterocycles. The molecule has 1 amide bonds. The Morgan fingerprint density at radius 1 is 1.06 bits per heavy atom. The van der Waals surface area contributed by atoms with Gasteiger partial charge in [0.25, 0.3) is 11.7 Å². The summed E-state index contributed by atoms with van der Waals surface area (Å²) >= 11 is 0. The third-order valence-electron chi connectivity index (χ3n) is 5.85. The van der Waals surface area contributed by atoms with Gasteiger partial charge in [0.05, 0.1) is 18.2 Å². The zero-order chi connectivity index (χ0) is 24.1. The number of aliphatic hydroxyl groups is 1. The maximum atomic E-state index is 13.1. The highest BCUT2D eigenvalue weighted by Crippen LogP contribution is 2.39. The van der Waals surface area contributed by atoms with Gasteiger partial charge in [0, 0.05) is 18.7 Å². The van der Waals surface area contributed by atoms with Crippen molar-refractivity contribution in [3.8, 4) is 5.75 Å². The van der Waals surface area contributed by atoms with Crippen molar-refractivity contribution in [1.29, 1.82) is 0 Å². The molecule has 1 atom stereocenters. The highest BCUT2D eigenvalue weighted by atomic mass is 16.5. The number of hydrogen-bond donors (Lipinski definition) is 1. The fourth-order valence-corrected chi connectivity index (χ4v) is 3.91. The Kier molecular flexibility index (Phi) is 7.92. The predicted molar refractivity (Wildman–Crippen MR) is 130 cm³/mol. The van der Waals surface area contributed by atoms with Crippen molar-refractivity contribution in [2.75, 3.05) is 33.8 Å². The third-order valence-corrected chi connectivity index (χ3v) is 5.85. The number of aliphatic hydroxyl groups excluding tert-OH is 1. The van der Waals surface area contributed by atoms with Crippen LogP contribution in [0.5, 0.6) is 5.75 Å². The van der Waals surface area contributed by atoms with Gasteiger partial charge in [-0.3, -0.25) is 9.59 Å². The molecule has 33 heavy (non-hydrogen) atoms. The van der Waals surface area contributed by atoms with Crippen LogP contribution in [0.4, 0.5) is 0 Å². The molecule has 0 bridgehead atoms. The first-order valence-electron chi connectivity index (χ1n) is 11.5. The highest BCUT2D eigenvalue weighted by molar-refractivity contribution is 6.46. The molecular weight excluding hydrogens is 416 g/mol. The van der Waals surface area contributed by atoms with E-state index in [1.54, 1.807) is 29.2 Å². The highest BCUT2D eigenvalue weighted by Gasteiger charge is 2.45. The molecule has 0 aliphatic carbocycles. The van der Waals surface area contributed by atoms with Crippen molar-refractivity contribution < 1.29 is 19.4 Å². The van der Waals surface area contributed by atoms with E-state index in [4.69, 9.17) is 4.74 Å². The third kappa shape index (κ3) is 5.45. The number of rotatable bonds is 9. The first-order valence-corrected chi connectivity index (χ1v) is 11.5. The van der Waals surface area contributed by atoms with Crippen molar-refractivity contribution in [1.82, 2.24) is 9.80 Å².